The summed E-state index contributed by atoms with van der Waals surface area (Å²) in [5.74, 6) is 0.689. The van der Waals surface area contributed by atoms with Gasteiger partial charge in [0.15, 0.2) is 0 Å². The molecule has 0 amide bonds. The van der Waals surface area contributed by atoms with Gasteiger partial charge in [-0.2, -0.15) is 0 Å². The van der Waals surface area contributed by atoms with E-state index in [0.717, 1.165) is 32.1 Å². The molecule has 1 unspecified atom stereocenters. The largest absolute Gasteiger partial charge is 0.426 e. The van der Waals surface area contributed by atoms with Gasteiger partial charge in [0.2, 0.25) is 0 Å². The molecule has 0 fully saturated rings. The Kier molecular flexibility index (Phi) is 21.5. The number of ether oxygens (including phenoxy) is 1. The first-order valence-corrected chi connectivity index (χ1v) is 16.9. The maximum atomic E-state index is 13.4. The van der Waals surface area contributed by atoms with Crippen LogP contribution < -0.4 is 4.74 Å². The van der Waals surface area contributed by atoms with E-state index >= 15 is 0 Å². The molecule has 1 atom stereocenters. The van der Waals surface area contributed by atoms with E-state index in [-0.39, 0.29) is 11.4 Å². The fourth-order valence-corrected chi connectivity index (χ4v) is 5.51. The van der Waals surface area contributed by atoms with Gasteiger partial charge in [0.05, 0.1) is 5.41 Å². The summed E-state index contributed by atoms with van der Waals surface area (Å²) in [7, 11) is 0. The smallest absolute Gasteiger partial charge is 0.317 e. The van der Waals surface area contributed by atoms with Crippen molar-refractivity contribution in [2.45, 2.75) is 182 Å². The topological polar surface area (TPSA) is 26.3 Å². The number of aryl methyl sites for hydroxylation is 1. The van der Waals surface area contributed by atoms with Crippen LogP contribution in [-0.2, 0) is 11.2 Å². The molecule has 0 N–H and O–H groups in total. The van der Waals surface area contributed by atoms with Crippen LogP contribution >= 0.6 is 0 Å². The summed E-state index contributed by atoms with van der Waals surface area (Å²) >= 11 is 0. The number of carbonyl (C=O) groups excluding carboxylic acids is 1. The Balaban J connectivity index is 2.50. The van der Waals surface area contributed by atoms with Crippen molar-refractivity contribution in [3.8, 4) is 5.75 Å². The highest BCUT2D eigenvalue weighted by Crippen LogP contribution is 2.34. The van der Waals surface area contributed by atoms with Crippen molar-refractivity contribution < 1.29 is 9.53 Å². The minimum atomic E-state index is -0.373. The molecule has 0 saturated heterocycles. The minimum absolute atomic E-state index is 0.0184. The van der Waals surface area contributed by atoms with Gasteiger partial charge in [-0.1, -0.05) is 161 Å². The molecule has 0 aliphatic heterocycles. The molecule has 38 heavy (non-hydrogen) atoms. The van der Waals surface area contributed by atoms with Crippen molar-refractivity contribution in [3.63, 3.8) is 0 Å². The number of benzene rings is 1. The summed E-state index contributed by atoms with van der Waals surface area (Å²) in [6.45, 7) is 8.96. The van der Waals surface area contributed by atoms with E-state index in [1.807, 2.05) is 12.1 Å². The minimum Gasteiger partial charge on any atom is -0.426 e. The fourth-order valence-electron chi connectivity index (χ4n) is 5.51. The molecule has 2 nitrogen and oxygen atoms in total. The van der Waals surface area contributed by atoms with E-state index < -0.39 is 0 Å². The summed E-state index contributed by atoms with van der Waals surface area (Å²) in [5.41, 5.74) is 0.965. The molecule has 1 aromatic rings. The highest BCUT2D eigenvalue weighted by Gasteiger charge is 2.34. The molecule has 0 aromatic heterocycles. The van der Waals surface area contributed by atoms with Crippen LogP contribution in [-0.4, -0.2) is 5.97 Å². The Morgan fingerprint density at radius 3 is 1.34 bits per heavy atom. The second-order valence-corrected chi connectivity index (χ2v) is 12.2. The van der Waals surface area contributed by atoms with Gasteiger partial charge < -0.3 is 4.74 Å². The van der Waals surface area contributed by atoms with Crippen molar-refractivity contribution in [1.29, 1.82) is 0 Å². The number of carbonyl (C=O) groups is 1. The molecule has 220 valence electrons. The lowest BCUT2D eigenvalue weighted by atomic mass is 9.79. The zero-order valence-electron chi connectivity index (χ0n) is 26.1. The lowest BCUT2D eigenvalue weighted by Crippen LogP contribution is -2.32. The van der Waals surface area contributed by atoms with Crippen LogP contribution in [0.15, 0.2) is 24.3 Å². The number of hydrogen-bond acceptors (Lipinski definition) is 2. The van der Waals surface area contributed by atoms with Gasteiger partial charge in [0.25, 0.3) is 0 Å². The second-order valence-electron chi connectivity index (χ2n) is 12.2. The predicted molar refractivity (Wildman–Crippen MR) is 167 cm³/mol. The van der Waals surface area contributed by atoms with E-state index in [4.69, 9.17) is 4.74 Å². The Labute approximate surface area is 238 Å². The second kappa shape index (κ2) is 23.6. The Morgan fingerprint density at radius 1 is 0.553 bits per heavy atom. The summed E-state index contributed by atoms with van der Waals surface area (Å²) in [5, 5.41) is 0. The van der Waals surface area contributed by atoms with Crippen LogP contribution in [0.3, 0.4) is 0 Å². The van der Waals surface area contributed by atoms with Gasteiger partial charge in [-0.3, -0.25) is 4.79 Å². The molecular weight excluding hydrogens is 464 g/mol. The maximum absolute atomic E-state index is 13.4. The van der Waals surface area contributed by atoms with E-state index in [2.05, 4.69) is 39.8 Å². The van der Waals surface area contributed by atoms with Gasteiger partial charge >= 0.3 is 5.97 Å². The van der Waals surface area contributed by atoms with E-state index in [1.54, 1.807) is 0 Å². The van der Waals surface area contributed by atoms with Crippen molar-refractivity contribution in [1.82, 2.24) is 0 Å². The summed E-state index contributed by atoms with van der Waals surface area (Å²) in [6, 6.07) is 8.26. The van der Waals surface area contributed by atoms with E-state index in [1.165, 1.54) is 128 Å². The molecule has 0 heterocycles. The van der Waals surface area contributed by atoms with Crippen LogP contribution in [0.4, 0.5) is 0 Å². The highest BCUT2D eigenvalue weighted by molar-refractivity contribution is 5.78. The van der Waals surface area contributed by atoms with Crippen molar-refractivity contribution in [2.75, 3.05) is 0 Å². The highest BCUT2D eigenvalue weighted by atomic mass is 16.5. The molecule has 0 bridgehead atoms. The number of esters is 1. The van der Waals surface area contributed by atoms with Gasteiger partial charge in [-0.15, -0.1) is 0 Å². The SMILES string of the molecule is CCCCCCCCCCCCC(C)(CCCCCCCCCC)C(=O)Oc1ccc(CCCCC)cc1. The van der Waals surface area contributed by atoms with Gasteiger partial charge in [-0.25, -0.2) is 0 Å². The van der Waals surface area contributed by atoms with Crippen LogP contribution in [0.25, 0.3) is 0 Å². The number of rotatable bonds is 26. The van der Waals surface area contributed by atoms with Gasteiger partial charge in [0, 0.05) is 0 Å². The fraction of sp³-hybridized carbons (Fsp3) is 0.806. The maximum Gasteiger partial charge on any atom is 0.317 e. The third-order valence-corrected chi connectivity index (χ3v) is 8.36. The monoisotopic (exact) mass is 528 g/mol. The average molecular weight is 529 g/mol. The standard InChI is InChI=1S/C36H64O2/c1-5-8-11-13-15-17-18-20-22-25-32-36(4,31-24-21-19-16-14-12-9-6-2)35(37)38-34-29-27-33(28-30-34)26-23-10-7-3/h27-30H,5-26,31-32H2,1-4H3. The average Bonchev–Trinajstić information content (AvgIpc) is 2.92. The zero-order chi connectivity index (χ0) is 27.7. The van der Waals surface area contributed by atoms with E-state index in [9.17, 15) is 4.79 Å². The quantitative estimate of drug-likeness (QED) is 0.0679. The molecule has 2 heteroatoms. The molecule has 0 aliphatic rings. The van der Waals surface area contributed by atoms with Crippen LogP contribution in [0.5, 0.6) is 5.75 Å². The van der Waals surface area contributed by atoms with Crippen molar-refractivity contribution >= 4 is 5.97 Å². The van der Waals surface area contributed by atoms with Crippen molar-refractivity contribution in [3.05, 3.63) is 29.8 Å². The molecule has 0 aliphatic carbocycles. The van der Waals surface area contributed by atoms with Crippen LogP contribution in [0, 0.1) is 5.41 Å². The first-order valence-electron chi connectivity index (χ1n) is 16.9. The van der Waals surface area contributed by atoms with Gasteiger partial charge in [-0.05, 0) is 50.3 Å². The van der Waals surface area contributed by atoms with E-state index in [0.29, 0.717) is 5.75 Å². The van der Waals surface area contributed by atoms with Crippen LogP contribution in [0.1, 0.15) is 181 Å². The lowest BCUT2D eigenvalue weighted by molar-refractivity contribution is -0.146. The summed E-state index contributed by atoms with van der Waals surface area (Å²) in [6.07, 6.45) is 30.4. The first-order chi connectivity index (χ1) is 18.6. The normalized spacial score (nSPS) is 12.9. The van der Waals surface area contributed by atoms with Crippen molar-refractivity contribution in [2.24, 2.45) is 5.41 Å². The van der Waals surface area contributed by atoms with Crippen LogP contribution in [0.2, 0.25) is 0 Å². The molecule has 0 spiro atoms. The lowest BCUT2D eigenvalue weighted by Gasteiger charge is -2.27. The Bertz CT molecular complexity index is 664. The molecule has 0 radical (unpaired) electrons. The molecular formula is C36H64O2. The predicted octanol–water partition coefficient (Wildman–Crippen LogP) is 12.2. The third kappa shape index (κ3) is 17.3. The zero-order valence-corrected chi connectivity index (χ0v) is 26.1. The first kappa shape index (κ1) is 34.7. The Morgan fingerprint density at radius 2 is 0.921 bits per heavy atom. The summed E-state index contributed by atoms with van der Waals surface area (Å²) in [4.78, 5) is 13.4. The van der Waals surface area contributed by atoms with Gasteiger partial charge in [0.1, 0.15) is 5.75 Å². The molecule has 1 aromatic carbocycles. The summed E-state index contributed by atoms with van der Waals surface area (Å²) < 4.78 is 5.99. The number of hydrogen-bond donors (Lipinski definition) is 0. The molecule has 0 saturated carbocycles. The number of unbranched alkanes of at least 4 members (excludes halogenated alkanes) is 18. The Hall–Kier alpha value is -1.31. The molecule has 1 rings (SSSR count). The third-order valence-electron chi connectivity index (χ3n) is 8.36.